The molecule has 2 unspecified atom stereocenters. The second-order valence-corrected chi connectivity index (χ2v) is 4.39. The van der Waals surface area contributed by atoms with E-state index in [4.69, 9.17) is 5.73 Å². The lowest BCUT2D eigenvalue weighted by atomic mass is 9.85. The average Bonchev–Trinajstić information content (AvgIpc) is 2.28. The van der Waals surface area contributed by atoms with Crippen molar-refractivity contribution in [1.82, 2.24) is 9.97 Å². The largest absolute Gasteiger partial charge is 0.370 e. The Kier molecular flexibility index (Phi) is 3.56. The van der Waals surface area contributed by atoms with Gasteiger partial charge in [-0.3, -0.25) is 4.79 Å². The van der Waals surface area contributed by atoms with Gasteiger partial charge in [0.15, 0.2) is 0 Å². The first-order valence-corrected chi connectivity index (χ1v) is 5.80. The highest BCUT2D eigenvalue weighted by atomic mass is 16.1. The lowest BCUT2D eigenvalue weighted by Gasteiger charge is -2.28. The molecule has 0 bridgehead atoms. The normalized spacial score (nSPS) is 25.3. The summed E-state index contributed by atoms with van der Waals surface area (Å²) in [6, 6.07) is 1.75. The molecule has 4 N–H and O–H groups in total. The first-order chi connectivity index (χ1) is 7.75. The molecule has 2 atom stereocenters. The predicted molar refractivity (Wildman–Crippen MR) is 63.3 cm³/mol. The van der Waals surface area contributed by atoms with Crippen molar-refractivity contribution in [2.75, 3.05) is 11.9 Å². The van der Waals surface area contributed by atoms with E-state index in [1.54, 1.807) is 0 Å². The van der Waals surface area contributed by atoms with E-state index in [0.29, 0.717) is 11.7 Å². The highest BCUT2D eigenvalue weighted by Crippen LogP contribution is 2.22. The van der Waals surface area contributed by atoms with Gasteiger partial charge in [0.1, 0.15) is 5.82 Å². The van der Waals surface area contributed by atoms with Gasteiger partial charge < -0.3 is 16.0 Å². The van der Waals surface area contributed by atoms with Crippen molar-refractivity contribution >= 4 is 5.82 Å². The molecule has 5 nitrogen and oxygen atoms in total. The molecular formula is C11H18N4O. The zero-order chi connectivity index (χ0) is 11.4. The number of aromatic nitrogens is 2. The van der Waals surface area contributed by atoms with Crippen LogP contribution in [-0.4, -0.2) is 22.6 Å². The first-order valence-electron chi connectivity index (χ1n) is 5.80. The van der Waals surface area contributed by atoms with Gasteiger partial charge in [0.05, 0.1) is 6.33 Å². The number of hydrogen-bond acceptors (Lipinski definition) is 4. The second-order valence-electron chi connectivity index (χ2n) is 4.39. The molecule has 1 fully saturated rings. The molecule has 0 aliphatic heterocycles. The Labute approximate surface area is 94.5 Å². The Bertz CT molecular complexity index is 390. The lowest BCUT2D eigenvalue weighted by molar-refractivity contribution is 0.321. The van der Waals surface area contributed by atoms with Crippen molar-refractivity contribution in [3.63, 3.8) is 0 Å². The first kappa shape index (κ1) is 11.1. The number of hydrogen-bond donors (Lipinski definition) is 3. The molecule has 1 aliphatic carbocycles. The van der Waals surface area contributed by atoms with Crippen LogP contribution >= 0.6 is 0 Å². The third-order valence-corrected chi connectivity index (χ3v) is 3.19. The van der Waals surface area contributed by atoms with E-state index in [1.807, 2.05) is 0 Å². The minimum atomic E-state index is -0.134. The van der Waals surface area contributed by atoms with Crippen LogP contribution < -0.4 is 16.6 Å². The molecule has 0 saturated heterocycles. The fourth-order valence-corrected chi connectivity index (χ4v) is 2.19. The quantitative estimate of drug-likeness (QED) is 0.703. The highest BCUT2D eigenvalue weighted by Gasteiger charge is 2.21. The van der Waals surface area contributed by atoms with Crippen LogP contribution in [-0.2, 0) is 0 Å². The fourth-order valence-electron chi connectivity index (χ4n) is 2.19. The average molecular weight is 222 g/mol. The molecule has 0 amide bonds. The Morgan fingerprint density at radius 2 is 2.31 bits per heavy atom. The van der Waals surface area contributed by atoms with E-state index in [2.05, 4.69) is 15.3 Å². The Morgan fingerprint density at radius 1 is 1.50 bits per heavy atom. The Morgan fingerprint density at radius 3 is 3.06 bits per heavy atom. The summed E-state index contributed by atoms with van der Waals surface area (Å²) >= 11 is 0. The number of rotatable bonds is 3. The molecule has 16 heavy (non-hydrogen) atoms. The van der Waals surface area contributed by atoms with Crippen LogP contribution in [0.5, 0.6) is 0 Å². The zero-order valence-corrected chi connectivity index (χ0v) is 9.28. The summed E-state index contributed by atoms with van der Waals surface area (Å²) in [4.78, 5) is 17.6. The van der Waals surface area contributed by atoms with Gasteiger partial charge in [-0.2, -0.15) is 0 Å². The van der Waals surface area contributed by atoms with Gasteiger partial charge in [-0.1, -0.05) is 12.8 Å². The van der Waals surface area contributed by atoms with E-state index in [-0.39, 0.29) is 11.6 Å². The molecular weight excluding hydrogens is 204 g/mol. The van der Waals surface area contributed by atoms with Gasteiger partial charge in [0.2, 0.25) is 0 Å². The van der Waals surface area contributed by atoms with E-state index in [0.717, 1.165) is 19.4 Å². The number of anilines is 1. The van der Waals surface area contributed by atoms with Crippen molar-refractivity contribution in [3.8, 4) is 0 Å². The number of nitrogens with two attached hydrogens (primary N) is 1. The minimum absolute atomic E-state index is 0.134. The summed E-state index contributed by atoms with van der Waals surface area (Å²) in [6.07, 6.45) is 6.17. The summed E-state index contributed by atoms with van der Waals surface area (Å²) in [5.41, 5.74) is 5.91. The van der Waals surface area contributed by atoms with Gasteiger partial charge in [0.25, 0.3) is 5.56 Å². The van der Waals surface area contributed by atoms with Crippen molar-refractivity contribution in [1.29, 1.82) is 0 Å². The maximum atomic E-state index is 11.0. The molecule has 1 aliphatic rings. The molecule has 0 aromatic carbocycles. The van der Waals surface area contributed by atoms with Crippen LogP contribution in [0, 0.1) is 5.92 Å². The molecule has 1 aromatic rings. The third-order valence-electron chi connectivity index (χ3n) is 3.19. The number of H-pyrrole nitrogens is 1. The summed E-state index contributed by atoms with van der Waals surface area (Å²) in [7, 11) is 0. The van der Waals surface area contributed by atoms with Crippen LogP contribution in [0.3, 0.4) is 0 Å². The SMILES string of the molecule is NC1CCCCC1CNc1cc(=O)[nH]cn1. The Balaban J connectivity index is 1.89. The monoisotopic (exact) mass is 222 g/mol. The topological polar surface area (TPSA) is 83.8 Å². The predicted octanol–water partition coefficient (Wildman–Crippen LogP) is 0.699. The van der Waals surface area contributed by atoms with Crippen LogP contribution in [0.25, 0.3) is 0 Å². The summed E-state index contributed by atoms with van der Waals surface area (Å²) in [5, 5.41) is 3.17. The van der Waals surface area contributed by atoms with Crippen LogP contribution in [0.4, 0.5) is 5.82 Å². The van der Waals surface area contributed by atoms with Gasteiger partial charge >= 0.3 is 0 Å². The second kappa shape index (κ2) is 5.12. The minimum Gasteiger partial charge on any atom is -0.370 e. The highest BCUT2D eigenvalue weighted by molar-refractivity contribution is 5.31. The van der Waals surface area contributed by atoms with Crippen molar-refractivity contribution in [3.05, 3.63) is 22.7 Å². The summed E-state index contributed by atoms with van der Waals surface area (Å²) in [5.74, 6) is 1.12. The van der Waals surface area contributed by atoms with Crippen LogP contribution in [0.15, 0.2) is 17.2 Å². The number of nitrogens with zero attached hydrogens (tertiary/aromatic N) is 1. The van der Waals surface area contributed by atoms with Gasteiger partial charge in [0, 0.05) is 18.7 Å². The number of nitrogens with one attached hydrogen (secondary N) is 2. The summed E-state index contributed by atoms with van der Waals surface area (Å²) < 4.78 is 0. The van der Waals surface area contributed by atoms with Gasteiger partial charge in [-0.05, 0) is 18.8 Å². The van der Waals surface area contributed by atoms with Gasteiger partial charge in [-0.15, -0.1) is 0 Å². The van der Waals surface area contributed by atoms with E-state index in [9.17, 15) is 4.79 Å². The van der Waals surface area contributed by atoms with E-state index < -0.39 is 0 Å². The molecule has 1 heterocycles. The van der Waals surface area contributed by atoms with Crippen LogP contribution in [0.2, 0.25) is 0 Å². The zero-order valence-electron chi connectivity index (χ0n) is 9.28. The summed E-state index contributed by atoms with van der Waals surface area (Å²) in [6.45, 7) is 0.803. The molecule has 0 spiro atoms. The van der Waals surface area contributed by atoms with Crippen molar-refractivity contribution in [2.24, 2.45) is 11.7 Å². The standard InChI is InChI=1S/C11H18N4O/c12-9-4-2-1-3-8(9)6-13-10-5-11(16)15-7-14-10/h5,7-9H,1-4,6,12H2,(H2,13,14,15,16). The van der Waals surface area contributed by atoms with Crippen molar-refractivity contribution in [2.45, 2.75) is 31.7 Å². The molecule has 88 valence electrons. The fraction of sp³-hybridized carbons (Fsp3) is 0.636. The van der Waals surface area contributed by atoms with E-state index >= 15 is 0 Å². The molecule has 5 heteroatoms. The lowest BCUT2D eigenvalue weighted by Crippen LogP contribution is -2.37. The maximum absolute atomic E-state index is 11.0. The van der Waals surface area contributed by atoms with E-state index in [1.165, 1.54) is 25.2 Å². The van der Waals surface area contributed by atoms with Crippen molar-refractivity contribution < 1.29 is 0 Å². The molecule has 1 saturated carbocycles. The van der Waals surface area contributed by atoms with Gasteiger partial charge in [-0.25, -0.2) is 4.98 Å². The molecule has 0 radical (unpaired) electrons. The smallest absolute Gasteiger partial charge is 0.252 e. The Hall–Kier alpha value is -1.36. The molecule has 1 aromatic heterocycles. The third kappa shape index (κ3) is 2.82. The maximum Gasteiger partial charge on any atom is 0.252 e. The van der Waals surface area contributed by atoms with Crippen LogP contribution in [0.1, 0.15) is 25.7 Å². The number of aromatic amines is 1. The molecule has 2 rings (SSSR count).